The monoisotopic (exact) mass is 314 g/mol. The maximum atomic E-state index is 11.1. The minimum Gasteiger partial charge on any atom is -0.478 e. The van der Waals surface area contributed by atoms with Crippen molar-refractivity contribution in [1.82, 2.24) is 10.2 Å². The van der Waals surface area contributed by atoms with Gasteiger partial charge in [-0.3, -0.25) is 0 Å². The molecule has 0 aliphatic rings. The topological polar surface area (TPSA) is 76.2 Å². The van der Waals surface area contributed by atoms with Gasteiger partial charge in [0.25, 0.3) is 5.22 Å². The highest BCUT2D eigenvalue weighted by molar-refractivity contribution is 9.10. The van der Waals surface area contributed by atoms with Gasteiger partial charge in [0.1, 0.15) is 0 Å². The molecule has 1 aromatic heterocycles. The third kappa shape index (κ3) is 2.67. The van der Waals surface area contributed by atoms with Crippen molar-refractivity contribution in [3.63, 3.8) is 0 Å². The fourth-order valence-electron chi connectivity index (χ4n) is 1.21. The molecule has 1 N–H and O–H groups in total. The van der Waals surface area contributed by atoms with Gasteiger partial charge in [-0.2, -0.15) is 0 Å². The molecule has 17 heavy (non-hydrogen) atoms. The first-order valence-electron chi connectivity index (χ1n) is 4.57. The van der Waals surface area contributed by atoms with Crippen molar-refractivity contribution in [3.05, 3.63) is 34.1 Å². The Labute approximate surface area is 109 Å². The third-order valence-electron chi connectivity index (χ3n) is 1.89. The van der Waals surface area contributed by atoms with E-state index in [-0.39, 0.29) is 5.56 Å². The largest absolute Gasteiger partial charge is 0.478 e. The molecule has 0 amide bonds. The number of aromatic carboxylic acids is 1. The molecule has 0 saturated heterocycles. The molecular weight excluding hydrogens is 308 g/mol. The standard InChI is InChI=1S/C10H7BrN2O3S/c1-5-12-13-10(16-5)17-7-4-2-3-6(11)8(7)9(14)15/h2-4H,1H3,(H,14,15). The first kappa shape index (κ1) is 12.1. The molecule has 7 heteroatoms. The van der Waals surface area contributed by atoms with Gasteiger partial charge in [0.05, 0.1) is 5.56 Å². The van der Waals surface area contributed by atoms with E-state index in [1.165, 1.54) is 0 Å². The Morgan fingerprint density at radius 2 is 2.24 bits per heavy atom. The lowest BCUT2D eigenvalue weighted by Crippen LogP contribution is -2.00. The van der Waals surface area contributed by atoms with E-state index in [4.69, 9.17) is 9.52 Å². The van der Waals surface area contributed by atoms with E-state index in [2.05, 4.69) is 26.1 Å². The second-order valence-electron chi connectivity index (χ2n) is 3.11. The van der Waals surface area contributed by atoms with Crippen LogP contribution in [-0.2, 0) is 0 Å². The number of benzene rings is 1. The van der Waals surface area contributed by atoms with Crippen molar-refractivity contribution in [2.75, 3.05) is 0 Å². The summed E-state index contributed by atoms with van der Waals surface area (Å²) < 4.78 is 5.71. The molecule has 1 heterocycles. The number of aromatic nitrogens is 2. The van der Waals surface area contributed by atoms with Crippen molar-refractivity contribution < 1.29 is 14.3 Å². The van der Waals surface area contributed by atoms with Gasteiger partial charge in [0.15, 0.2) is 0 Å². The highest BCUT2D eigenvalue weighted by Gasteiger charge is 2.16. The molecule has 2 aromatic rings. The van der Waals surface area contributed by atoms with E-state index in [0.29, 0.717) is 20.5 Å². The molecule has 0 aliphatic carbocycles. The van der Waals surface area contributed by atoms with Gasteiger partial charge in [0, 0.05) is 16.3 Å². The maximum absolute atomic E-state index is 11.1. The zero-order chi connectivity index (χ0) is 12.4. The Bertz CT molecular complexity index is 570. The van der Waals surface area contributed by atoms with Gasteiger partial charge in [-0.15, -0.1) is 10.2 Å². The SMILES string of the molecule is Cc1nnc(Sc2cccc(Br)c2C(=O)O)o1. The number of carboxylic acids is 1. The number of rotatable bonds is 3. The Morgan fingerprint density at radius 3 is 2.82 bits per heavy atom. The maximum Gasteiger partial charge on any atom is 0.338 e. The molecule has 0 radical (unpaired) electrons. The number of hydrogen-bond donors (Lipinski definition) is 1. The smallest absolute Gasteiger partial charge is 0.338 e. The van der Waals surface area contributed by atoms with Crippen LogP contribution in [0, 0.1) is 6.92 Å². The predicted octanol–water partition coefficient (Wildman–Crippen LogP) is 2.99. The van der Waals surface area contributed by atoms with Gasteiger partial charge < -0.3 is 9.52 Å². The summed E-state index contributed by atoms with van der Waals surface area (Å²) in [6.07, 6.45) is 0. The number of carbonyl (C=O) groups is 1. The van der Waals surface area contributed by atoms with Gasteiger partial charge in [0.2, 0.25) is 5.89 Å². The molecule has 1 aromatic carbocycles. The highest BCUT2D eigenvalue weighted by atomic mass is 79.9. The zero-order valence-electron chi connectivity index (χ0n) is 8.68. The molecule has 0 atom stereocenters. The van der Waals surface area contributed by atoms with Crippen molar-refractivity contribution >= 4 is 33.7 Å². The minimum atomic E-state index is -1.00. The first-order chi connectivity index (χ1) is 8.08. The van der Waals surface area contributed by atoms with Crippen LogP contribution < -0.4 is 0 Å². The van der Waals surface area contributed by atoms with Gasteiger partial charge in [-0.25, -0.2) is 4.79 Å². The Hall–Kier alpha value is -1.34. The van der Waals surface area contributed by atoms with Crippen molar-refractivity contribution in [3.8, 4) is 0 Å². The van der Waals surface area contributed by atoms with Crippen LogP contribution in [0.4, 0.5) is 0 Å². The van der Waals surface area contributed by atoms with Gasteiger partial charge in [-0.05, 0) is 39.8 Å². The zero-order valence-corrected chi connectivity index (χ0v) is 11.1. The van der Waals surface area contributed by atoms with E-state index in [1.807, 2.05) is 0 Å². The molecule has 0 fully saturated rings. The molecule has 5 nitrogen and oxygen atoms in total. The minimum absolute atomic E-state index is 0.188. The summed E-state index contributed by atoms with van der Waals surface area (Å²) in [4.78, 5) is 11.7. The molecule has 0 spiro atoms. The van der Waals surface area contributed by atoms with Crippen LogP contribution in [0.25, 0.3) is 0 Å². The average molecular weight is 315 g/mol. The van der Waals surface area contributed by atoms with E-state index in [9.17, 15) is 4.79 Å². The fraction of sp³-hybridized carbons (Fsp3) is 0.100. The molecule has 88 valence electrons. The van der Waals surface area contributed by atoms with Crippen molar-refractivity contribution in [1.29, 1.82) is 0 Å². The highest BCUT2D eigenvalue weighted by Crippen LogP contribution is 2.33. The normalized spacial score (nSPS) is 10.5. The summed E-state index contributed by atoms with van der Waals surface area (Å²) >= 11 is 4.33. The quantitative estimate of drug-likeness (QED) is 0.938. The number of carboxylic acid groups (broad SMARTS) is 1. The van der Waals surface area contributed by atoms with Crippen LogP contribution in [0.15, 0.2) is 37.2 Å². The summed E-state index contributed by atoms with van der Waals surface area (Å²) in [5.74, 6) is -0.560. The molecule has 0 bridgehead atoms. The molecule has 2 rings (SSSR count). The molecule has 0 aliphatic heterocycles. The van der Waals surface area contributed by atoms with Gasteiger partial charge >= 0.3 is 5.97 Å². The van der Waals surface area contributed by atoms with Crippen LogP contribution in [0.5, 0.6) is 0 Å². The third-order valence-corrected chi connectivity index (χ3v) is 3.45. The average Bonchev–Trinajstić information content (AvgIpc) is 2.63. The summed E-state index contributed by atoms with van der Waals surface area (Å²) in [5.41, 5.74) is 0.188. The van der Waals surface area contributed by atoms with Crippen LogP contribution in [0.2, 0.25) is 0 Å². The van der Waals surface area contributed by atoms with Crippen LogP contribution >= 0.6 is 27.7 Å². The summed E-state index contributed by atoms with van der Waals surface area (Å²) in [6.45, 7) is 1.68. The van der Waals surface area contributed by atoms with E-state index >= 15 is 0 Å². The van der Waals surface area contributed by atoms with Crippen molar-refractivity contribution in [2.45, 2.75) is 17.0 Å². The van der Waals surface area contributed by atoms with E-state index in [0.717, 1.165) is 11.8 Å². The van der Waals surface area contributed by atoms with Crippen molar-refractivity contribution in [2.24, 2.45) is 0 Å². The Balaban J connectivity index is 2.39. The lowest BCUT2D eigenvalue weighted by molar-refractivity contribution is 0.0692. The Kier molecular flexibility index (Phi) is 3.49. The van der Waals surface area contributed by atoms with Crippen LogP contribution in [0.3, 0.4) is 0 Å². The molecule has 0 unspecified atom stereocenters. The molecular formula is C10H7BrN2O3S. The number of aryl methyl sites for hydroxylation is 1. The second kappa shape index (κ2) is 4.89. The lowest BCUT2D eigenvalue weighted by atomic mass is 10.2. The summed E-state index contributed by atoms with van der Waals surface area (Å²) in [6, 6.07) is 5.12. The predicted molar refractivity (Wildman–Crippen MR) is 64.3 cm³/mol. The van der Waals surface area contributed by atoms with Crippen LogP contribution in [0.1, 0.15) is 16.2 Å². The summed E-state index contributed by atoms with van der Waals surface area (Å²) in [7, 11) is 0. The van der Waals surface area contributed by atoms with E-state index < -0.39 is 5.97 Å². The van der Waals surface area contributed by atoms with Crippen LogP contribution in [-0.4, -0.2) is 21.3 Å². The van der Waals surface area contributed by atoms with Gasteiger partial charge in [-0.1, -0.05) is 6.07 Å². The fourth-order valence-corrected chi connectivity index (χ4v) is 2.76. The summed E-state index contributed by atoms with van der Waals surface area (Å²) in [5, 5.41) is 16.9. The second-order valence-corrected chi connectivity index (χ2v) is 4.95. The van der Waals surface area contributed by atoms with E-state index in [1.54, 1.807) is 25.1 Å². The Morgan fingerprint density at radius 1 is 1.47 bits per heavy atom. The molecule has 0 saturated carbocycles. The number of halogens is 1. The first-order valence-corrected chi connectivity index (χ1v) is 6.18. The number of nitrogens with zero attached hydrogens (tertiary/aromatic N) is 2. The number of hydrogen-bond acceptors (Lipinski definition) is 5. The lowest BCUT2D eigenvalue weighted by Gasteiger charge is -2.04.